The highest BCUT2D eigenvalue weighted by Gasteiger charge is 2.17. The van der Waals surface area contributed by atoms with Gasteiger partial charge in [0, 0.05) is 6.42 Å². The third-order valence-corrected chi connectivity index (χ3v) is 3.55. The number of benzene rings is 1. The Bertz CT molecular complexity index is 414. The van der Waals surface area contributed by atoms with E-state index >= 15 is 0 Å². The number of hydrogen-bond donors (Lipinski definition) is 2. The van der Waals surface area contributed by atoms with Gasteiger partial charge in [0.2, 0.25) is 5.91 Å². The largest absolute Gasteiger partial charge is 0.490 e. The predicted molar refractivity (Wildman–Crippen MR) is 75.9 cm³/mol. The second kappa shape index (κ2) is 7.02. The van der Waals surface area contributed by atoms with Crippen LogP contribution in [0.25, 0.3) is 0 Å². The van der Waals surface area contributed by atoms with E-state index in [1.165, 1.54) is 25.7 Å². The van der Waals surface area contributed by atoms with Crippen LogP contribution in [0.2, 0.25) is 0 Å². The van der Waals surface area contributed by atoms with Gasteiger partial charge in [-0.1, -0.05) is 25.0 Å². The number of anilines is 1. The lowest BCUT2D eigenvalue weighted by Crippen LogP contribution is -2.29. The number of carbonyl (C=O) groups excluding carboxylic acids is 1. The summed E-state index contributed by atoms with van der Waals surface area (Å²) in [7, 11) is 0. The first-order valence-electron chi connectivity index (χ1n) is 6.99. The Labute approximate surface area is 114 Å². The van der Waals surface area contributed by atoms with Gasteiger partial charge in [0.25, 0.3) is 0 Å². The van der Waals surface area contributed by atoms with Crippen LogP contribution in [0.3, 0.4) is 0 Å². The molecule has 0 saturated heterocycles. The molecule has 1 aliphatic rings. The number of para-hydroxylation sites is 2. The van der Waals surface area contributed by atoms with E-state index < -0.39 is 0 Å². The average molecular weight is 262 g/mol. The second-order valence-corrected chi connectivity index (χ2v) is 5.09. The molecule has 1 aliphatic carbocycles. The minimum absolute atomic E-state index is 0.136. The van der Waals surface area contributed by atoms with Crippen molar-refractivity contribution in [3.05, 3.63) is 24.3 Å². The van der Waals surface area contributed by atoms with Crippen molar-refractivity contribution in [2.45, 2.75) is 32.1 Å². The number of rotatable bonds is 6. The molecule has 19 heavy (non-hydrogen) atoms. The van der Waals surface area contributed by atoms with Gasteiger partial charge >= 0.3 is 0 Å². The normalized spacial score (nSPS) is 15.4. The standard InChI is InChI=1S/C15H22N2O2/c16-13-7-3-4-8-14(13)19-10-9-17-15(18)11-12-5-1-2-6-12/h3-4,7-8,12H,1-2,5-6,9-11,16H2,(H,17,18). The van der Waals surface area contributed by atoms with Gasteiger partial charge in [0.15, 0.2) is 0 Å². The summed E-state index contributed by atoms with van der Waals surface area (Å²) < 4.78 is 5.52. The Morgan fingerprint density at radius 3 is 2.79 bits per heavy atom. The summed E-state index contributed by atoms with van der Waals surface area (Å²) >= 11 is 0. The van der Waals surface area contributed by atoms with Gasteiger partial charge in [0.1, 0.15) is 12.4 Å². The lowest BCUT2D eigenvalue weighted by Gasteiger charge is -2.11. The average Bonchev–Trinajstić information content (AvgIpc) is 2.89. The number of carbonyl (C=O) groups is 1. The van der Waals surface area contributed by atoms with Gasteiger partial charge in [-0.2, -0.15) is 0 Å². The minimum Gasteiger partial charge on any atom is -0.490 e. The summed E-state index contributed by atoms with van der Waals surface area (Å²) in [5, 5.41) is 2.89. The molecule has 2 rings (SSSR count). The predicted octanol–water partition coefficient (Wildman–Crippen LogP) is 2.34. The molecule has 1 fully saturated rings. The lowest BCUT2D eigenvalue weighted by atomic mass is 10.0. The van der Waals surface area contributed by atoms with Gasteiger partial charge in [-0.25, -0.2) is 0 Å². The van der Waals surface area contributed by atoms with Crippen molar-refractivity contribution in [3.8, 4) is 5.75 Å². The monoisotopic (exact) mass is 262 g/mol. The maximum atomic E-state index is 11.7. The molecule has 0 aliphatic heterocycles. The topological polar surface area (TPSA) is 64.3 Å². The highest BCUT2D eigenvalue weighted by molar-refractivity contribution is 5.76. The molecule has 1 amide bonds. The fourth-order valence-electron chi connectivity index (χ4n) is 2.51. The van der Waals surface area contributed by atoms with Crippen molar-refractivity contribution >= 4 is 11.6 Å². The third kappa shape index (κ3) is 4.47. The minimum atomic E-state index is 0.136. The van der Waals surface area contributed by atoms with E-state index in [9.17, 15) is 4.79 Å². The van der Waals surface area contributed by atoms with Gasteiger partial charge in [-0.3, -0.25) is 4.79 Å². The van der Waals surface area contributed by atoms with Crippen LogP contribution >= 0.6 is 0 Å². The zero-order valence-corrected chi connectivity index (χ0v) is 11.2. The van der Waals surface area contributed by atoms with Crippen LogP contribution in [-0.4, -0.2) is 19.1 Å². The van der Waals surface area contributed by atoms with E-state index in [1.54, 1.807) is 6.07 Å². The number of nitrogens with two attached hydrogens (primary N) is 1. The molecule has 1 aromatic carbocycles. The van der Waals surface area contributed by atoms with Crippen molar-refractivity contribution in [1.82, 2.24) is 5.32 Å². The number of hydrogen-bond acceptors (Lipinski definition) is 3. The molecule has 1 saturated carbocycles. The zero-order chi connectivity index (χ0) is 13.5. The maximum absolute atomic E-state index is 11.7. The molecule has 0 atom stereocenters. The first-order valence-corrected chi connectivity index (χ1v) is 6.99. The highest BCUT2D eigenvalue weighted by atomic mass is 16.5. The van der Waals surface area contributed by atoms with Crippen LogP contribution in [0.5, 0.6) is 5.75 Å². The van der Waals surface area contributed by atoms with Gasteiger partial charge in [-0.15, -0.1) is 0 Å². The molecule has 0 bridgehead atoms. The number of nitrogens with one attached hydrogen (secondary N) is 1. The Morgan fingerprint density at radius 1 is 1.32 bits per heavy atom. The molecule has 4 heteroatoms. The molecule has 0 aromatic heterocycles. The van der Waals surface area contributed by atoms with Crippen molar-refractivity contribution in [3.63, 3.8) is 0 Å². The molecule has 0 heterocycles. The zero-order valence-electron chi connectivity index (χ0n) is 11.2. The number of ether oxygens (including phenoxy) is 1. The summed E-state index contributed by atoms with van der Waals surface area (Å²) in [6.45, 7) is 0.977. The Morgan fingerprint density at radius 2 is 2.05 bits per heavy atom. The molecule has 3 N–H and O–H groups in total. The fourth-order valence-corrected chi connectivity index (χ4v) is 2.51. The number of amides is 1. The first-order chi connectivity index (χ1) is 9.25. The Kier molecular flexibility index (Phi) is 5.07. The molecule has 0 spiro atoms. The highest BCUT2D eigenvalue weighted by Crippen LogP contribution is 2.27. The van der Waals surface area contributed by atoms with Gasteiger partial charge < -0.3 is 15.8 Å². The van der Waals surface area contributed by atoms with E-state index in [2.05, 4.69) is 5.32 Å². The van der Waals surface area contributed by atoms with Crippen molar-refractivity contribution in [2.75, 3.05) is 18.9 Å². The molecule has 0 unspecified atom stereocenters. The molecule has 104 valence electrons. The van der Waals surface area contributed by atoms with E-state index in [-0.39, 0.29) is 5.91 Å². The quantitative estimate of drug-likeness (QED) is 0.611. The molecular formula is C15H22N2O2. The smallest absolute Gasteiger partial charge is 0.220 e. The maximum Gasteiger partial charge on any atom is 0.220 e. The SMILES string of the molecule is Nc1ccccc1OCCNC(=O)CC1CCCC1. The van der Waals surface area contributed by atoms with E-state index in [0.29, 0.717) is 36.9 Å². The van der Waals surface area contributed by atoms with Crippen LogP contribution in [0.4, 0.5) is 5.69 Å². The summed E-state index contributed by atoms with van der Waals surface area (Å²) in [5.74, 6) is 1.40. The van der Waals surface area contributed by atoms with E-state index in [4.69, 9.17) is 10.5 Å². The molecule has 0 radical (unpaired) electrons. The summed E-state index contributed by atoms with van der Waals surface area (Å²) in [6.07, 6.45) is 5.60. The first kappa shape index (κ1) is 13.7. The van der Waals surface area contributed by atoms with Crippen LogP contribution < -0.4 is 15.8 Å². The summed E-state index contributed by atoms with van der Waals surface area (Å²) in [5.41, 5.74) is 6.38. The Hall–Kier alpha value is -1.71. The van der Waals surface area contributed by atoms with Gasteiger partial charge in [0.05, 0.1) is 12.2 Å². The van der Waals surface area contributed by atoms with Crippen LogP contribution in [-0.2, 0) is 4.79 Å². The van der Waals surface area contributed by atoms with Crippen LogP contribution in [0, 0.1) is 5.92 Å². The second-order valence-electron chi connectivity index (χ2n) is 5.09. The lowest BCUT2D eigenvalue weighted by molar-refractivity contribution is -0.122. The molecule has 4 nitrogen and oxygen atoms in total. The Balaban J connectivity index is 1.61. The summed E-state index contributed by atoms with van der Waals surface area (Å²) in [6, 6.07) is 7.37. The third-order valence-electron chi connectivity index (χ3n) is 3.55. The fraction of sp³-hybridized carbons (Fsp3) is 0.533. The molecule has 1 aromatic rings. The number of nitrogen functional groups attached to an aromatic ring is 1. The van der Waals surface area contributed by atoms with Crippen LogP contribution in [0.15, 0.2) is 24.3 Å². The van der Waals surface area contributed by atoms with Crippen LogP contribution in [0.1, 0.15) is 32.1 Å². The van der Waals surface area contributed by atoms with Crippen molar-refractivity contribution < 1.29 is 9.53 Å². The van der Waals surface area contributed by atoms with Gasteiger partial charge in [-0.05, 0) is 30.9 Å². The van der Waals surface area contributed by atoms with Crippen molar-refractivity contribution in [2.24, 2.45) is 5.92 Å². The van der Waals surface area contributed by atoms with E-state index in [0.717, 1.165) is 0 Å². The summed E-state index contributed by atoms with van der Waals surface area (Å²) in [4.78, 5) is 11.7. The van der Waals surface area contributed by atoms with E-state index in [1.807, 2.05) is 18.2 Å². The van der Waals surface area contributed by atoms with Crippen molar-refractivity contribution in [1.29, 1.82) is 0 Å². The molecular weight excluding hydrogens is 240 g/mol.